The van der Waals surface area contributed by atoms with Crippen molar-refractivity contribution in [1.82, 2.24) is 0 Å². The highest BCUT2D eigenvalue weighted by Crippen LogP contribution is 2.63. The Labute approximate surface area is 336 Å². The monoisotopic (exact) mass is 733 g/mol. The number of rotatable bonds is 5. The number of hydrogen-bond donors (Lipinski definition) is 0. The Morgan fingerprint density at radius 3 is 1.33 bits per heavy atom. The Bertz CT molecular complexity index is 2920. The van der Waals surface area contributed by atoms with Crippen molar-refractivity contribution in [1.29, 1.82) is 0 Å². The molecule has 9 aromatic carbocycles. The second-order valence-electron chi connectivity index (χ2n) is 17.2. The van der Waals surface area contributed by atoms with E-state index in [2.05, 4.69) is 196 Å². The van der Waals surface area contributed by atoms with Crippen molar-refractivity contribution in [3.8, 4) is 44.5 Å². The molecule has 1 heterocycles. The highest BCUT2D eigenvalue weighted by Gasteiger charge is 2.58. The molecule has 1 heteroatoms. The molecule has 1 saturated carbocycles. The first-order chi connectivity index (χ1) is 27.9. The molecule has 0 saturated heterocycles. The Balaban J connectivity index is 1.27. The van der Waals surface area contributed by atoms with E-state index in [-0.39, 0.29) is 11.0 Å². The first-order valence-corrected chi connectivity index (χ1v) is 20.8. The zero-order valence-corrected chi connectivity index (χ0v) is 33.4. The van der Waals surface area contributed by atoms with Crippen molar-refractivity contribution in [2.45, 2.75) is 64.3 Å². The second-order valence-corrected chi connectivity index (χ2v) is 17.2. The van der Waals surface area contributed by atoms with Gasteiger partial charge in [-0.3, -0.25) is 0 Å². The molecule has 1 aliphatic heterocycles. The van der Waals surface area contributed by atoms with Crippen molar-refractivity contribution >= 4 is 43.7 Å². The van der Waals surface area contributed by atoms with Gasteiger partial charge in [0.1, 0.15) is 0 Å². The number of fused-ring (bicyclic) bond motifs is 3. The molecule has 1 nitrogen and oxygen atoms in total. The van der Waals surface area contributed by atoms with Crippen LogP contribution in [0.2, 0.25) is 0 Å². The van der Waals surface area contributed by atoms with Crippen LogP contribution >= 0.6 is 0 Å². The molecule has 0 aromatic heterocycles. The van der Waals surface area contributed by atoms with Gasteiger partial charge < -0.3 is 4.90 Å². The molecular formula is C56H47N. The van der Waals surface area contributed by atoms with Gasteiger partial charge in [0.25, 0.3) is 0 Å². The maximum atomic E-state index is 2.74. The van der Waals surface area contributed by atoms with E-state index in [1.165, 1.54) is 131 Å². The van der Waals surface area contributed by atoms with E-state index in [9.17, 15) is 0 Å². The summed E-state index contributed by atoms with van der Waals surface area (Å²) in [5, 5.41) is 7.94. The fourth-order valence-electron chi connectivity index (χ4n) is 11.2. The van der Waals surface area contributed by atoms with Crippen LogP contribution in [0.15, 0.2) is 164 Å². The average Bonchev–Trinajstić information content (AvgIpc) is 3.48. The summed E-state index contributed by atoms with van der Waals surface area (Å²) in [5.74, 6) is 0. The normalized spacial score (nSPS) is 19.1. The average molecular weight is 734 g/mol. The Morgan fingerprint density at radius 1 is 0.421 bits per heavy atom. The second kappa shape index (κ2) is 12.7. The van der Waals surface area contributed by atoms with Gasteiger partial charge in [0.05, 0.1) is 5.54 Å². The summed E-state index contributed by atoms with van der Waals surface area (Å²) in [4.78, 5) is 2.74. The van der Waals surface area contributed by atoms with Gasteiger partial charge in [-0.2, -0.15) is 0 Å². The fourth-order valence-corrected chi connectivity index (χ4v) is 11.2. The molecule has 2 unspecified atom stereocenters. The van der Waals surface area contributed by atoms with Crippen LogP contribution < -0.4 is 4.90 Å². The van der Waals surface area contributed by atoms with E-state index in [1.807, 2.05) is 0 Å². The lowest BCUT2D eigenvalue weighted by Gasteiger charge is -2.50. The molecule has 9 aromatic rings. The van der Waals surface area contributed by atoms with Crippen LogP contribution in [-0.2, 0) is 5.41 Å². The van der Waals surface area contributed by atoms with Crippen LogP contribution in [0.5, 0.6) is 0 Å². The maximum absolute atomic E-state index is 2.74. The van der Waals surface area contributed by atoms with E-state index in [0.717, 1.165) is 0 Å². The third kappa shape index (κ3) is 4.82. The first kappa shape index (κ1) is 34.1. The highest BCUT2D eigenvalue weighted by atomic mass is 15.3. The van der Waals surface area contributed by atoms with Crippen LogP contribution in [0, 0.1) is 13.8 Å². The van der Waals surface area contributed by atoms with Gasteiger partial charge in [-0.15, -0.1) is 0 Å². The van der Waals surface area contributed by atoms with Crippen LogP contribution in [0.4, 0.5) is 11.4 Å². The van der Waals surface area contributed by atoms with Gasteiger partial charge in [0.2, 0.25) is 0 Å². The van der Waals surface area contributed by atoms with Gasteiger partial charge in [0, 0.05) is 16.8 Å². The molecule has 0 N–H and O–H groups in total. The van der Waals surface area contributed by atoms with Crippen LogP contribution in [0.1, 0.15) is 56.2 Å². The lowest BCUT2D eigenvalue weighted by Crippen LogP contribution is -2.54. The number of hydrogen-bond acceptors (Lipinski definition) is 1. The zero-order chi connectivity index (χ0) is 38.5. The lowest BCUT2D eigenvalue weighted by atomic mass is 9.61. The Morgan fingerprint density at radius 2 is 0.842 bits per heavy atom. The third-order valence-electron chi connectivity index (χ3n) is 14.4. The number of nitrogens with zero attached hydrogens (tertiary/aromatic N) is 1. The van der Waals surface area contributed by atoms with Gasteiger partial charge in [-0.05, 0) is 157 Å². The van der Waals surface area contributed by atoms with Crippen LogP contribution in [-0.4, -0.2) is 5.54 Å². The molecule has 2 aliphatic rings. The molecule has 0 amide bonds. The van der Waals surface area contributed by atoms with E-state index < -0.39 is 0 Å². The molecule has 276 valence electrons. The van der Waals surface area contributed by atoms with Crippen molar-refractivity contribution in [3.05, 3.63) is 180 Å². The van der Waals surface area contributed by atoms with Crippen molar-refractivity contribution in [2.24, 2.45) is 0 Å². The minimum atomic E-state index is -0.00963. The standard InChI is InChI=1S/C56H47N/c1-36-37(2)54-51(55(3)31-17-18-32-56(55,4)57(54)41-25-15-8-16-26-41)35-46(36)50-34-49(40-23-13-7-14-24-40)44-28-27-42-47(38-19-9-5-10-20-38)33-48(39-21-11-6-12-22-39)43-29-30-45(50)53(44)52(42)43/h5-16,19-30,33-35H,17-18,31-32H2,1-4H3. The molecule has 0 spiro atoms. The van der Waals surface area contributed by atoms with Gasteiger partial charge in [0.15, 0.2) is 0 Å². The van der Waals surface area contributed by atoms with Gasteiger partial charge in [-0.1, -0.05) is 153 Å². The molecule has 1 aliphatic carbocycles. The van der Waals surface area contributed by atoms with Crippen LogP contribution in [0.25, 0.3) is 76.8 Å². The first-order valence-electron chi connectivity index (χ1n) is 20.8. The van der Waals surface area contributed by atoms with E-state index in [4.69, 9.17) is 0 Å². The largest absolute Gasteiger partial charge is 0.334 e. The predicted octanol–water partition coefficient (Wildman–Crippen LogP) is 15.6. The van der Waals surface area contributed by atoms with Crippen molar-refractivity contribution < 1.29 is 0 Å². The summed E-state index contributed by atoms with van der Waals surface area (Å²) in [6, 6.07) is 61.4. The quantitative estimate of drug-likeness (QED) is 0.159. The minimum Gasteiger partial charge on any atom is -0.334 e. The van der Waals surface area contributed by atoms with Crippen molar-refractivity contribution in [2.75, 3.05) is 4.90 Å². The van der Waals surface area contributed by atoms with Crippen LogP contribution in [0.3, 0.4) is 0 Å². The Kier molecular flexibility index (Phi) is 7.58. The highest BCUT2D eigenvalue weighted by molar-refractivity contribution is 6.32. The van der Waals surface area contributed by atoms with E-state index in [1.54, 1.807) is 0 Å². The zero-order valence-electron chi connectivity index (χ0n) is 33.4. The predicted molar refractivity (Wildman–Crippen MR) is 244 cm³/mol. The number of para-hydroxylation sites is 1. The van der Waals surface area contributed by atoms with Crippen molar-refractivity contribution in [3.63, 3.8) is 0 Å². The topological polar surface area (TPSA) is 3.24 Å². The summed E-state index contributed by atoms with van der Waals surface area (Å²) < 4.78 is 0. The number of anilines is 2. The fraction of sp³-hybridized carbons (Fsp3) is 0.179. The molecular weight excluding hydrogens is 687 g/mol. The molecule has 2 atom stereocenters. The molecule has 1 fully saturated rings. The van der Waals surface area contributed by atoms with Gasteiger partial charge in [-0.25, -0.2) is 0 Å². The summed E-state index contributed by atoms with van der Waals surface area (Å²) >= 11 is 0. The van der Waals surface area contributed by atoms with E-state index in [0.29, 0.717) is 0 Å². The summed E-state index contributed by atoms with van der Waals surface area (Å²) in [6.07, 6.45) is 4.91. The summed E-state index contributed by atoms with van der Waals surface area (Å²) in [5.41, 5.74) is 17.3. The Hall–Kier alpha value is -6.18. The maximum Gasteiger partial charge on any atom is 0.0518 e. The SMILES string of the molecule is Cc1c(-c2cc(-c3ccccc3)c3ccc4c(-c5ccccc5)cc(-c5ccccc5)c5ccc2c3c45)cc2c(c1C)N(c1ccccc1)C1(C)CCCCC21C. The molecule has 11 rings (SSSR count). The molecule has 57 heavy (non-hydrogen) atoms. The molecule has 0 bridgehead atoms. The summed E-state index contributed by atoms with van der Waals surface area (Å²) in [7, 11) is 0. The summed E-state index contributed by atoms with van der Waals surface area (Å²) in [6.45, 7) is 9.89. The lowest BCUT2D eigenvalue weighted by molar-refractivity contribution is 0.195. The minimum absolute atomic E-state index is 0.00963. The third-order valence-corrected chi connectivity index (χ3v) is 14.4. The number of benzene rings is 9. The van der Waals surface area contributed by atoms with Gasteiger partial charge >= 0.3 is 0 Å². The van der Waals surface area contributed by atoms with E-state index >= 15 is 0 Å². The molecule has 0 radical (unpaired) electrons. The smallest absolute Gasteiger partial charge is 0.0518 e.